The number of guanidine groups is 1. The van der Waals surface area contributed by atoms with Crippen molar-refractivity contribution in [1.29, 1.82) is 0 Å². The number of rotatable bonds is 8. The number of hydrogen-bond acceptors (Lipinski definition) is 4. The maximum atomic E-state index is 12.7. The second kappa shape index (κ2) is 8.90. The van der Waals surface area contributed by atoms with Gasteiger partial charge in [0, 0.05) is 45.6 Å². The van der Waals surface area contributed by atoms with Gasteiger partial charge < -0.3 is 10.6 Å². The minimum Gasteiger partial charge on any atom is -0.356 e. The van der Waals surface area contributed by atoms with Crippen LogP contribution < -0.4 is 14.9 Å². The van der Waals surface area contributed by atoms with Crippen molar-refractivity contribution in [2.45, 2.75) is 19.4 Å². The van der Waals surface area contributed by atoms with Crippen LogP contribution in [-0.2, 0) is 23.0 Å². The molecule has 2 heterocycles. The number of aryl methyl sites for hydroxylation is 1. The number of hydrogen-bond donors (Lipinski definition) is 2. The zero-order chi connectivity index (χ0) is 19.1. The standard InChI is InChI=1S/C18H26N6O2S/c1-19-18(20-9-4-12-23-13-5-10-22-23)21-11-15-27(25,26)24-14-8-16-6-2-3-7-17(16)24/h2-3,5-7,10,13H,4,8-9,11-12,14-15H2,1H3,(H2,19,20,21). The van der Waals surface area contributed by atoms with Crippen molar-refractivity contribution in [2.75, 3.05) is 36.7 Å². The van der Waals surface area contributed by atoms with Crippen LogP contribution >= 0.6 is 0 Å². The molecule has 0 radical (unpaired) electrons. The van der Waals surface area contributed by atoms with Crippen molar-refractivity contribution >= 4 is 21.7 Å². The molecule has 0 aliphatic carbocycles. The Morgan fingerprint density at radius 3 is 2.81 bits per heavy atom. The van der Waals surface area contributed by atoms with E-state index in [2.05, 4.69) is 20.7 Å². The van der Waals surface area contributed by atoms with Gasteiger partial charge in [0.05, 0.1) is 11.4 Å². The first-order valence-corrected chi connectivity index (χ1v) is 10.7. The van der Waals surface area contributed by atoms with Gasteiger partial charge >= 0.3 is 0 Å². The van der Waals surface area contributed by atoms with E-state index in [1.165, 1.54) is 4.31 Å². The monoisotopic (exact) mass is 390 g/mol. The maximum Gasteiger partial charge on any atom is 0.236 e. The van der Waals surface area contributed by atoms with Crippen LogP contribution in [0.4, 0.5) is 5.69 Å². The summed E-state index contributed by atoms with van der Waals surface area (Å²) in [7, 11) is -1.68. The molecule has 9 heteroatoms. The van der Waals surface area contributed by atoms with E-state index in [0.29, 0.717) is 19.0 Å². The molecule has 1 aromatic heterocycles. The largest absolute Gasteiger partial charge is 0.356 e. The molecule has 0 amide bonds. The fourth-order valence-electron chi connectivity index (χ4n) is 3.11. The second-order valence-corrected chi connectivity index (χ2v) is 8.33. The van der Waals surface area contributed by atoms with Gasteiger partial charge in [-0.1, -0.05) is 18.2 Å². The summed E-state index contributed by atoms with van der Waals surface area (Å²) >= 11 is 0. The first-order chi connectivity index (χ1) is 13.1. The maximum absolute atomic E-state index is 12.7. The number of nitrogens with zero attached hydrogens (tertiary/aromatic N) is 4. The van der Waals surface area contributed by atoms with E-state index in [0.717, 1.165) is 37.2 Å². The second-order valence-electron chi connectivity index (χ2n) is 6.32. The minimum absolute atomic E-state index is 0.0231. The molecule has 0 saturated carbocycles. The third kappa shape index (κ3) is 5.00. The number of aliphatic imine (C=N–C) groups is 1. The molecule has 1 aliphatic rings. The molecule has 8 nitrogen and oxygen atoms in total. The van der Waals surface area contributed by atoms with Crippen LogP contribution in [0.3, 0.4) is 0 Å². The van der Waals surface area contributed by atoms with E-state index >= 15 is 0 Å². The molecule has 3 rings (SSSR count). The van der Waals surface area contributed by atoms with E-state index in [9.17, 15) is 8.42 Å². The predicted octanol–water partition coefficient (Wildman–Crippen LogP) is 0.831. The van der Waals surface area contributed by atoms with Gasteiger partial charge in [0.15, 0.2) is 5.96 Å². The van der Waals surface area contributed by atoms with E-state index in [1.54, 1.807) is 13.2 Å². The van der Waals surface area contributed by atoms with Gasteiger partial charge in [-0.25, -0.2) is 8.42 Å². The van der Waals surface area contributed by atoms with Crippen molar-refractivity contribution in [2.24, 2.45) is 4.99 Å². The summed E-state index contributed by atoms with van der Waals surface area (Å²) in [5, 5.41) is 10.4. The van der Waals surface area contributed by atoms with Crippen molar-refractivity contribution < 1.29 is 8.42 Å². The Morgan fingerprint density at radius 1 is 1.22 bits per heavy atom. The smallest absolute Gasteiger partial charge is 0.236 e. The Hall–Kier alpha value is -2.55. The molecule has 2 aromatic rings. The lowest BCUT2D eigenvalue weighted by atomic mass is 10.2. The average Bonchev–Trinajstić information content (AvgIpc) is 3.33. The highest BCUT2D eigenvalue weighted by molar-refractivity contribution is 7.92. The SMILES string of the molecule is CN=C(NCCCn1cccn1)NCCS(=O)(=O)N1CCc2ccccc21. The summed E-state index contributed by atoms with van der Waals surface area (Å²) < 4.78 is 28.7. The van der Waals surface area contributed by atoms with Gasteiger partial charge in [-0.05, 0) is 30.5 Å². The first-order valence-electron chi connectivity index (χ1n) is 9.10. The Morgan fingerprint density at radius 2 is 2.04 bits per heavy atom. The molecule has 27 heavy (non-hydrogen) atoms. The predicted molar refractivity (Wildman–Crippen MR) is 107 cm³/mol. The summed E-state index contributed by atoms with van der Waals surface area (Å²) in [6.45, 7) is 2.37. The van der Waals surface area contributed by atoms with Gasteiger partial charge in [0.1, 0.15) is 0 Å². The Labute approximate surface area is 160 Å². The van der Waals surface area contributed by atoms with E-state index in [4.69, 9.17) is 0 Å². The fourth-order valence-corrected chi connectivity index (χ4v) is 4.53. The Bertz CT molecular complexity index is 864. The summed E-state index contributed by atoms with van der Waals surface area (Å²) in [4.78, 5) is 4.14. The van der Waals surface area contributed by atoms with Gasteiger partial charge in [0.25, 0.3) is 0 Å². The summed E-state index contributed by atoms with van der Waals surface area (Å²) in [5.74, 6) is 0.627. The lowest BCUT2D eigenvalue weighted by Crippen LogP contribution is -2.42. The van der Waals surface area contributed by atoms with Crippen molar-refractivity contribution in [3.05, 3.63) is 48.3 Å². The average molecular weight is 391 g/mol. The molecule has 0 bridgehead atoms. The number of benzene rings is 1. The van der Waals surface area contributed by atoms with E-state index < -0.39 is 10.0 Å². The molecular formula is C18H26N6O2S. The highest BCUT2D eigenvalue weighted by Gasteiger charge is 2.28. The van der Waals surface area contributed by atoms with Crippen molar-refractivity contribution in [1.82, 2.24) is 20.4 Å². The first kappa shape index (κ1) is 19.2. The lowest BCUT2D eigenvalue weighted by molar-refractivity contribution is 0.570. The molecule has 0 fully saturated rings. The minimum atomic E-state index is -3.36. The lowest BCUT2D eigenvalue weighted by Gasteiger charge is -2.20. The van der Waals surface area contributed by atoms with Crippen LogP contribution in [0.25, 0.3) is 0 Å². The van der Waals surface area contributed by atoms with Crippen LogP contribution in [0.15, 0.2) is 47.7 Å². The van der Waals surface area contributed by atoms with E-state index in [-0.39, 0.29) is 5.75 Å². The number of anilines is 1. The van der Waals surface area contributed by atoms with Gasteiger partial charge in [-0.3, -0.25) is 14.0 Å². The highest BCUT2D eigenvalue weighted by atomic mass is 32.2. The third-order valence-corrected chi connectivity index (χ3v) is 6.24. The number of nitrogens with one attached hydrogen (secondary N) is 2. The third-order valence-electron chi connectivity index (χ3n) is 4.47. The quantitative estimate of drug-likeness (QED) is 0.396. The molecule has 1 aromatic carbocycles. The molecule has 1 aliphatic heterocycles. The summed E-state index contributed by atoms with van der Waals surface area (Å²) in [5.41, 5.74) is 1.89. The van der Waals surface area contributed by atoms with Crippen molar-refractivity contribution in [3.8, 4) is 0 Å². The number of sulfonamides is 1. The fraction of sp³-hybridized carbons (Fsp3) is 0.444. The van der Waals surface area contributed by atoms with Crippen LogP contribution in [0.2, 0.25) is 0 Å². The molecule has 0 atom stereocenters. The number of para-hydroxylation sites is 1. The molecule has 146 valence electrons. The zero-order valence-corrected chi connectivity index (χ0v) is 16.3. The van der Waals surface area contributed by atoms with Crippen molar-refractivity contribution in [3.63, 3.8) is 0 Å². The molecule has 0 unspecified atom stereocenters. The van der Waals surface area contributed by atoms with Crippen LogP contribution in [0, 0.1) is 0 Å². The molecular weight excluding hydrogens is 364 g/mol. The van der Waals surface area contributed by atoms with Gasteiger partial charge in [-0.15, -0.1) is 0 Å². The summed E-state index contributed by atoms with van der Waals surface area (Å²) in [6.07, 6.45) is 5.34. The van der Waals surface area contributed by atoms with Crippen LogP contribution in [0.1, 0.15) is 12.0 Å². The number of aromatic nitrogens is 2. The topological polar surface area (TPSA) is 91.6 Å². The van der Waals surface area contributed by atoms with Crippen LogP contribution in [-0.4, -0.2) is 56.6 Å². The van der Waals surface area contributed by atoms with Gasteiger partial charge in [-0.2, -0.15) is 5.10 Å². The Kier molecular flexibility index (Phi) is 6.33. The Balaban J connectivity index is 1.42. The zero-order valence-electron chi connectivity index (χ0n) is 15.5. The van der Waals surface area contributed by atoms with E-state index in [1.807, 2.05) is 41.2 Å². The molecule has 0 saturated heterocycles. The highest BCUT2D eigenvalue weighted by Crippen LogP contribution is 2.29. The van der Waals surface area contributed by atoms with Crippen LogP contribution in [0.5, 0.6) is 0 Å². The molecule has 2 N–H and O–H groups in total. The normalized spacial score (nSPS) is 14.3. The molecule has 0 spiro atoms. The van der Waals surface area contributed by atoms with Gasteiger partial charge in [0.2, 0.25) is 10.0 Å². The number of fused-ring (bicyclic) bond motifs is 1. The summed E-state index contributed by atoms with van der Waals surface area (Å²) in [6, 6.07) is 9.57.